The molecule has 0 saturated heterocycles. The normalized spacial score (nSPS) is 17.4. The molecule has 0 aromatic carbocycles. The van der Waals surface area contributed by atoms with Gasteiger partial charge in [-0.1, -0.05) is 34.6 Å². The first-order valence-electron chi connectivity index (χ1n) is 5.74. The molecule has 0 radical (unpaired) electrons. The third-order valence-electron chi connectivity index (χ3n) is 2.29. The van der Waals surface area contributed by atoms with Gasteiger partial charge in [-0.05, 0) is 42.8 Å². The second-order valence-corrected chi connectivity index (χ2v) is 4.02. The molecule has 1 atom stereocenters. The summed E-state index contributed by atoms with van der Waals surface area (Å²) in [5, 5.41) is 0. The maximum absolute atomic E-state index is 4.39. The smallest absolute Gasteiger partial charge is 0.0579 e. The van der Waals surface area contributed by atoms with Crippen LogP contribution in [0.5, 0.6) is 0 Å². The predicted octanol–water partition coefficient (Wildman–Crippen LogP) is 4.55. The van der Waals surface area contributed by atoms with Crippen LogP contribution in [0.3, 0.4) is 0 Å². The Kier molecular flexibility index (Phi) is 6.81. The van der Waals surface area contributed by atoms with Crippen molar-refractivity contribution in [1.29, 1.82) is 0 Å². The highest BCUT2D eigenvalue weighted by Gasteiger charge is 2.22. The van der Waals surface area contributed by atoms with E-state index in [1.807, 2.05) is 27.7 Å². The maximum Gasteiger partial charge on any atom is 0.0579 e. The zero-order valence-corrected chi connectivity index (χ0v) is 11.2. The zero-order chi connectivity index (χ0) is 11.1. The van der Waals surface area contributed by atoms with Crippen LogP contribution in [0.25, 0.3) is 0 Å². The monoisotopic (exact) mass is 213 g/mol. The van der Waals surface area contributed by atoms with Gasteiger partial charge in [0.2, 0.25) is 0 Å². The fraction of sp³-hybridized carbons (Fsp3) is 0.750. The van der Waals surface area contributed by atoms with E-state index in [-0.39, 0.29) is 0 Å². The van der Waals surface area contributed by atoms with E-state index in [1.165, 1.54) is 23.4 Å². The van der Waals surface area contributed by atoms with Gasteiger partial charge in [-0.3, -0.25) is 0 Å². The van der Waals surface area contributed by atoms with Crippen LogP contribution in [0.15, 0.2) is 0 Å². The standard InChI is InChI=1S/C8H11NS.2C2H6/c1-5-3-4-7-8(5)6(2)10-9-7;2*1-2/h5H,3-4H2,1-2H3;2*1-2H3. The lowest BCUT2D eigenvalue weighted by atomic mass is 10.1. The number of nitrogens with zero attached hydrogens (tertiary/aromatic N) is 1. The summed E-state index contributed by atoms with van der Waals surface area (Å²) in [6.45, 7) is 12.5. The molecule has 0 bridgehead atoms. The van der Waals surface area contributed by atoms with Crippen LogP contribution in [0.4, 0.5) is 0 Å². The molecule has 2 rings (SSSR count). The van der Waals surface area contributed by atoms with Gasteiger partial charge in [-0.25, -0.2) is 0 Å². The molecule has 82 valence electrons. The number of aryl methyl sites for hydroxylation is 2. The first-order chi connectivity index (χ1) is 6.79. The molecule has 1 aromatic rings. The van der Waals surface area contributed by atoms with E-state index in [0.29, 0.717) is 0 Å². The van der Waals surface area contributed by atoms with Crippen molar-refractivity contribution in [1.82, 2.24) is 4.37 Å². The predicted molar refractivity (Wildman–Crippen MR) is 66.3 cm³/mol. The summed E-state index contributed by atoms with van der Waals surface area (Å²) in [6, 6.07) is 0. The second-order valence-electron chi connectivity index (χ2n) is 3.04. The van der Waals surface area contributed by atoms with Gasteiger partial charge in [0.15, 0.2) is 0 Å². The van der Waals surface area contributed by atoms with Gasteiger partial charge in [0, 0.05) is 4.88 Å². The summed E-state index contributed by atoms with van der Waals surface area (Å²) in [7, 11) is 0. The minimum Gasteiger partial charge on any atom is -0.197 e. The van der Waals surface area contributed by atoms with E-state index in [9.17, 15) is 0 Å². The summed E-state index contributed by atoms with van der Waals surface area (Å²) in [5.74, 6) is 0.772. The Morgan fingerprint density at radius 2 is 1.79 bits per heavy atom. The molecule has 2 heteroatoms. The molecule has 0 spiro atoms. The number of fused-ring (bicyclic) bond motifs is 1. The van der Waals surface area contributed by atoms with Crippen LogP contribution < -0.4 is 0 Å². The highest BCUT2D eigenvalue weighted by atomic mass is 32.1. The summed E-state index contributed by atoms with van der Waals surface area (Å²) < 4.78 is 4.39. The van der Waals surface area contributed by atoms with E-state index in [4.69, 9.17) is 0 Å². The Morgan fingerprint density at radius 1 is 1.21 bits per heavy atom. The fourth-order valence-corrected chi connectivity index (χ4v) is 2.59. The summed E-state index contributed by atoms with van der Waals surface area (Å²) in [4.78, 5) is 1.43. The number of hydrogen-bond donors (Lipinski definition) is 0. The zero-order valence-electron chi connectivity index (χ0n) is 10.3. The van der Waals surface area contributed by atoms with E-state index in [1.54, 1.807) is 17.1 Å². The molecule has 0 amide bonds. The molecule has 0 fully saturated rings. The van der Waals surface area contributed by atoms with Crippen LogP contribution in [0.2, 0.25) is 0 Å². The first-order valence-corrected chi connectivity index (χ1v) is 6.51. The van der Waals surface area contributed by atoms with E-state index in [0.717, 1.165) is 5.92 Å². The van der Waals surface area contributed by atoms with Crippen LogP contribution in [0.1, 0.15) is 63.1 Å². The third-order valence-corrected chi connectivity index (χ3v) is 3.10. The molecular formula is C12H23NS. The van der Waals surface area contributed by atoms with Crippen molar-refractivity contribution in [2.24, 2.45) is 0 Å². The van der Waals surface area contributed by atoms with Crippen molar-refractivity contribution in [3.05, 3.63) is 16.1 Å². The van der Waals surface area contributed by atoms with Crippen molar-refractivity contribution in [2.75, 3.05) is 0 Å². The molecule has 1 aliphatic rings. The summed E-state index contributed by atoms with van der Waals surface area (Å²) in [6.07, 6.45) is 2.52. The van der Waals surface area contributed by atoms with Crippen LogP contribution in [-0.4, -0.2) is 4.37 Å². The summed E-state index contributed by atoms with van der Waals surface area (Å²) >= 11 is 1.66. The van der Waals surface area contributed by atoms with Crippen LogP contribution in [0, 0.1) is 6.92 Å². The van der Waals surface area contributed by atoms with Gasteiger partial charge >= 0.3 is 0 Å². The minimum absolute atomic E-state index is 0.772. The average molecular weight is 213 g/mol. The molecule has 1 nitrogen and oxygen atoms in total. The van der Waals surface area contributed by atoms with Crippen LogP contribution >= 0.6 is 11.5 Å². The van der Waals surface area contributed by atoms with Crippen molar-refractivity contribution in [3.63, 3.8) is 0 Å². The SMILES string of the molecule is CC.CC.Cc1snc2c1C(C)CC2. The lowest BCUT2D eigenvalue weighted by Crippen LogP contribution is -1.84. The molecule has 0 aliphatic heterocycles. The van der Waals surface area contributed by atoms with E-state index < -0.39 is 0 Å². The topological polar surface area (TPSA) is 12.9 Å². The minimum atomic E-state index is 0.772. The Balaban J connectivity index is 0.000000379. The molecule has 0 saturated carbocycles. The van der Waals surface area contributed by atoms with E-state index >= 15 is 0 Å². The maximum atomic E-state index is 4.39. The molecular weight excluding hydrogens is 190 g/mol. The number of aromatic nitrogens is 1. The van der Waals surface area contributed by atoms with Gasteiger partial charge in [0.25, 0.3) is 0 Å². The Bertz CT molecular complexity index is 253. The number of hydrogen-bond acceptors (Lipinski definition) is 2. The highest BCUT2D eigenvalue weighted by molar-refractivity contribution is 7.05. The van der Waals surface area contributed by atoms with Gasteiger partial charge in [-0.15, -0.1) is 0 Å². The van der Waals surface area contributed by atoms with Crippen molar-refractivity contribution < 1.29 is 0 Å². The highest BCUT2D eigenvalue weighted by Crippen LogP contribution is 2.35. The molecule has 14 heavy (non-hydrogen) atoms. The molecule has 1 aliphatic carbocycles. The van der Waals surface area contributed by atoms with Gasteiger partial charge in [-0.2, -0.15) is 4.37 Å². The van der Waals surface area contributed by atoms with Gasteiger partial charge in [0.05, 0.1) is 5.69 Å². The molecule has 1 aromatic heterocycles. The average Bonchev–Trinajstić information content (AvgIpc) is 2.79. The van der Waals surface area contributed by atoms with Crippen molar-refractivity contribution in [2.45, 2.75) is 60.3 Å². The Hall–Kier alpha value is -0.370. The van der Waals surface area contributed by atoms with Crippen LogP contribution in [-0.2, 0) is 6.42 Å². The van der Waals surface area contributed by atoms with Gasteiger partial charge < -0.3 is 0 Å². The molecule has 0 N–H and O–H groups in total. The number of rotatable bonds is 0. The molecule has 1 heterocycles. The summed E-state index contributed by atoms with van der Waals surface area (Å²) in [5.41, 5.74) is 2.92. The molecule has 1 unspecified atom stereocenters. The fourth-order valence-electron chi connectivity index (χ4n) is 1.73. The Morgan fingerprint density at radius 3 is 2.29 bits per heavy atom. The lowest BCUT2D eigenvalue weighted by Gasteiger charge is -1.99. The third kappa shape index (κ3) is 2.81. The Labute approximate surface area is 92.7 Å². The van der Waals surface area contributed by atoms with E-state index in [2.05, 4.69) is 18.2 Å². The first kappa shape index (κ1) is 13.6. The quantitative estimate of drug-likeness (QED) is 0.616. The van der Waals surface area contributed by atoms with Gasteiger partial charge in [0.1, 0.15) is 0 Å². The lowest BCUT2D eigenvalue weighted by molar-refractivity contribution is 0.743. The second kappa shape index (κ2) is 6.99. The van der Waals surface area contributed by atoms with Crippen molar-refractivity contribution in [3.8, 4) is 0 Å². The largest absolute Gasteiger partial charge is 0.197 e. The van der Waals surface area contributed by atoms with Crippen molar-refractivity contribution >= 4 is 11.5 Å².